The first-order valence-corrected chi connectivity index (χ1v) is 6.42. The second-order valence-electron chi connectivity index (χ2n) is 4.28. The molecule has 6 heteroatoms. The summed E-state index contributed by atoms with van der Waals surface area (Å²) in [5.74, 6) is -0.240. The normalized spacial score (nSPS) is 10.1. The van der Waals surface area contributed by atoms with Crippen LogP contribution in [-0.2, 0) is 6.54 Å². The van der Waals surface area contributed by atoms with Crippen molar-refractivity contribution in [2.75, 3.05) is 0 Å². The van der Waals surface area contributed by atoms with E-state index in [4.69, 9.17) is 18.0 Å². The number of hydrogen-bond donors (Lipinski definition) is 2. The minimum Gasteiger partial charge on any atom is -0.389 e. The molecule has 0 spiro atoms. The van der Waals surface area contributed by atoms with E-state index in [-0.39, 0.29) is 10.9 Å². The highest BCUT2D eigenvalue weighted by molar-refractivity contribution is 7.80. The molecule has 0 saturated carbocycles. The van der Waals surface area contributed by atoms with Crippen LogP contribution in [0.2, 0.25) is 0 Å². The van der Waals surface area contributed by atoms with Crippen LogP contribution in [0.1, 0.15) is 27.2 Å². The van der Waals surface area contributed by atoms with Crippen molar-refractivity contribution >= 4 is 23.1 Å². The van der Waals surface area contributed by atoms with Gasteiger partial charge in [0.1, 0.15) is 10.7 Å². The number of aryl methyl sites for hydroxylation is 1. The lowest BCUT2D eigenvalue weighted by molar-refractivity contribution is 0.0946. The molecule has 0 aliphatic heterocycles. The van der Waals surface area contributed by atoms with Crippen molar-refractivity contribution in [2.24, 2.45) is 5.73 Å². The maximum atomic E-state index is 12.0. The molecule has 0 radical (unpaired) electrons. The van der Waals surface area contributed by atoms with Crippen molar-refractivity contribution in [2.45, 2.75) is 13.5 Å². The van der Waals surface area contributed by atoms with Crippen molar-refractivity contribution in [3.63, 3.8) is 0 Å². The van der Waals surface area contributed by atoms with Gasteiger partial charge in [-0.2, -0.15) is 0 Å². The molecule has 0 aliphatic carbocycles. The topological polar surface area (TPSA) is 80.9 Å². The Labute approximate surface area is 122 Å². The van der Waals surface area contributed by atoms with E-state index in [2.05, 4.69) is 15.3 Å². The molecule has 0 bridgehead atoms. The average molecular weight is 286 g/mol. The largest absolute Gasteiger partial charge is 0.389 e. The summed E-state index contributed by atoms with van der Waals surface area (Å²) in [5, 5.41) is 2.81. The van der Waals surface area contributed by atoms with Crippen molar-refractivity contribution in [3.8, 4) is 0 Å². The van der Waals surface area contributed by atoms with Gasteiger partial charge in [-0.15, -0.1) is 0 Å². The molecule has 3 N–H and O–H groups in total. The van der Waals surface area contributed by atoms with Crippen LogP contribution in [0.5, 0.6) is 0 Å². The summed E-state index contributed by atoms with van der Waals surface area (Å²) < 4.78 is 0. The van der Waals surface area contributed by atoms with Crippen LogP contribution in [0.25, 0.3) is 0 Å². The quantitative estimate of drug-likeness (QED) is 0.829. The first-order valence-electron chi connectivity index (χ1n) is 6.01. The molecular formula is C14H14N4OS. The molecule has 5 nitrogen and oxygen atoms in total. The third-order valence-corrected chi connectivity index (χ3v) is 3.09. The number of hydrogen-bond acceptors (Lipinski definition) is 4. The molecule has 102 valence electrons. The molecule has 0 aromatic carbocycles. The zero-order valence-corrected chi connectivity index (χ0v) is 11.8. The first kappa shape index (κ1) is 14.1. The second-order valence-corrected chi connectivity index (χ2v) is 4.72. The zero-order valence-electron chi connectivity index (χ0n) is 11.0. The van der Waals surface area contributed by atoms with E-state index in [1.165, 1.54) is 6.20 Å². The molecule has 2 aromatic heterocycles. The Morgan fingerprint density at radius 1 is 1.35 bits per heavy atom. The van der Waals surface area contributed by atoms with Crippen LogP contribution in [0.15, 0.2) is 36.8 Å². The zero-order chi connectivity index (χ0) is 14.5. The summed E-state index contributed by atoms with van der Waals surface area (Å²) in [4.78, 5) is 20.3. The van der Waals surface area contributed by atoms with Crippen LogP contribution in [0.3, 0.4) is 0 Å². The Kier molecular flexibility index (Phi) is 4.37. The summed E-state index contributed by atoms with van der Waals surface area (Å²) >= 11 is 4.83. The average Bonchev–Trinajstić information content (AvgIpc) is 2.46. The highest BCUT2D eigenvalue weighted by Crippen LogP contribution is 2.05. The number of aromatic nitrogens is 2. The van der Waals surface area contributed by atoms with Crippen LogP contribution in [-0.4, -0.2) is 20.9 Å². The number of rotatable bonds is 4. The number of nitrogens with two attached hydrogens (primary N) is 1. The Balaban J connectivity index is 2.02. The number of thiocarbonyl (C=S) groups is 1. The van der Waals surface area contributed by atoms with E-state index in [1.54, 1.807) is 24.5 Å². The third-order valence-electron chi connectivity index (χ3n) is 2.86. The Morgan fingerprint density at radius 3 is 2.75 bits per heavy atom. The Bertz CT molecular complexity index is 640. The number of nitrogens with one attached hydrogen (secondary N) is 1. The van der Waals surface area contributed by atoms with Crippen molar-refractivity contribution in [1.29, 1.82) is 0 Å². The maximum Gasteiger partial charge on any atom is 0.270 e. The fourth-order valence-corrected chi connectivity index (χ4v) is 1.76. The standard InChI is InChI=1S/C14H14N4OS/c1-9-6-16-5-4-10(9)7-18-14(19)12-3-2-11(8-17-12)13(15)20/h2-6,8H,7H2,1H3,(H2,15,20)(H,18,19). The Morgan fingerprint density at radius 2 is 2.15 bits per heavy atom. The summed E-state index contributed by atoms with van der Waals surface area (Å²) in [6, 6.07) is 5.16. The predicted octanol–water partition coefficient (Wildman–Crippen LogP) is 1.35. The molecule has 2 rings (SSSR count). The number of nitrogens with zero attached hydrogens (tertiary/aromatic N) is 2. The molecule has 0 fully saturated rings. The van der Waals surface area contributed by atoms with E-state index in [0.29, 0.717) is 17.8 Å². The van der Waals surface area contributed by atoms with Gasteiger partial charge in [0.2, 0.25) is 0 Å². The van der Waals surface area contributed by atoms with Crippen LogP contribution < -0.4 is 11.1 Å². The number of carbonyl (C=O) groups is 1. The monoisotopic (exact) mass is 286 g/mol. The van der Waals surface area contributed by atoms with Gasteiger partial charge in [-0.05, 0) is 36.2 Å². The van der Waals surface area contributed by atoms with Gasteiger partial charge in [0.25, 0.3) is 5.91 Å². The molecule has 0 unspecified atom stereocenters. The van der Waals surface area contributed by atoms with Gasteiger partial charge >= 0.3 is 0 Å². The lowest BCUT2D eigenvalue weighted by Gasteiger charge is -2.07. The minimum atomic E-state index is -0.240. The van der Waals surface area contributed by atoms with E-state index in [1.807, 2.05) is 13.0 Å². The van der Waals surface area contributed by atoms with Crippen molar-refractivity contribution in [3.05, 3.63) is 59.2 Å². The molecular weight excluding hydrogens is 272 g/mol. The molecule has 0 atom stereocenters. The summed E-state index contributed by atoms with van der Waals surface area (Å²) in [5.41, 5.74) is 8.50. The van der Waals surface area contributed by atoms with Crippen molar-refractivity contribution < 1.29 is 4.79 Å². The summed E-state index contributed by atoms with van der Waals surface area (Å²) in [6.07, 6.45) is 4.95. The summed E-state index contributed by atoms with van der Waals surface area (Å²) in [6.45, 7) is 2.38. The highest BCUT2D eigenvalue weighted by atomic mass is 32.1. The summed E-state index contributed by atoms with van der Waals surface area (Å²) in [7, 11) is 0. The number of carbonyl (C=O) groups excluding carboxylic acids is 1. The maximum absolute atomic E-state index is 12.0. The smallest absolute Gasteiger partial charge is 0.270 e. The number of amides is 1. The third kappa shape index (κ3) is 3.36. The van der Waals surface area contributed by atoms with Crippen LogP contribution in [0, 0.1) is 6.92 Å². The fourth-order valence-electron chi connectivity index (χ4n) is 1.64. The minimum absolute atomic E-state index is 0.240. The first-order chi connectivity index (χ1) is 9.58. The van der Waals surface area contributed by atoms with Gasteiger partial charge in [0.15, 0.2) is 0 Å². The predicted molar refractivity (Wildman–Crippen MR) is 80.3 cm³/mol. The SMILES string of the molecule is Cc1cnccc1CNC(=O)c1ccc(C(N)=S)cn1. The van der Waals surface area contributed by atoms with E-state index in [9.17, 15) is 4.79 Å². The van der Waals surface area contributed by atoms with E-state index >= 15 is 0 Å². The molecule has 2 heterocycles. The Hall–Kier alpha value is -2.34. The van der Waals surface area contributed by atoms with E-state index in [0.717, 1.165) is 11.1 Å². The highest BCUT2D eigenvalue weighted by Gasteiger charge is 2.08. The van der Waals surface area contributed by atoms with Gasteiger partial charge in [0.05, 0.1) is 0 Å². The lowest BCUT2D eigenvalue weighted by Crippen LogP contribution is -2.24. The molecule has 2 aromatic rings. The lowest BCUT2D eigenvalue weighted by atomic mass is 10.1. The molecule has 20 heavy (non-hydrogen) atoms. The van der Waals surface area contributed by atoms with Gasteiger partial charge < -0.3 is 11.1 Å². The van der Waals surface area contributed by atoms with E-state index < -0.39 is 0 Å². The van der Waals surface area contributed by atoms with Crippen molar-refractivity contribution in [1.82, 2.24) is 15.3 Å². The van der Waals surface area contributed by atoms with Gasteiger partial charge in [0, 0.05) is 30.7 Å². The number of pyridine rings is 2. The van der Waals surface area contributed by atoms with Gasteiger partial charge in [-0.3, -0.25) is 14.8 Å². The molecule has 0 saturated heterocycles. The molecule has 1 amide bonds. The molecule has 0 aliphatic rings. The van der Waals surface area contributed by atoms with Gasteiger partial charge in [-0.25, -0.2) is 0 Å². The fraction of sp³-hybridized carbons (Fsp3) is 0.143. The van der Waals surface area contributed by atoms with Crippen LogP contribution in [0.4, 0.5) is 0 Å². The van der Waals surface area contributed by atoms with Gasteiger partial charge in [-0.1, -0.05) is 12.2 Å². The second kappa shape index (κ2) is 6.21. The van der Waals surface area contributed by atoms with Crippen LogP contribution >= 0.6 is 12.2 Å².